The van der Waals surface area contributed by atoms with E-state index in [0.29, 0.717) is 11.6 Å². The standard InChI is InChI=1S/C20H22N6O3/c1-14(20(27)21-16-5-7-17(8-6-16)26(28)29)24-12-9-15(10-13-24)19-23-22-18-4-2-3-11-25(18)19/h2-8,11,14-15H,9-10,12-13H2,1H3,(H,21,27). The highest BCUT2D eigenvalue weighted by Crippen LogP contribution is 2.28. The molecular formula is C20H22N6O3. The van der Waals surface area contributed by atoms with Gasteiger partial charge >= 0.3 is 0 Å². The summed E-state index contributed by atoms with van der Waals surface area (Å²) in [5.74, 6) is 1.17. The molecule has 1 saturated heterocycles. The zero-order chi connectivity index (χ0) is 20.4. The highest BCUT2D eigenvalue weighted by Gasteiger charge is 2.29. The zero-order valence-electron chi connectivity index (χ0n) is 16.1. The number of pyridine rings is 1. The van der Waals surface area contributed by atoms with E-state index < -0.39 is 4.92 Å². The molecule has 0 radical (unpaired) electrons. The minimum absolute atomic E-state index is 0.000810. The third-order valence-corrected chi connectivity index (χ3v) is 5.51. The van der Waals surface area contributed by atoms with Crippen LogP contribution in [0, 0.1) is 10.1 Å². The van der Waals surface area contributed by atoms with E-state index in [4.69, 9.17) is 0 Å². The van der Waals surface area contributed by atoms with Crippen molar-refractivity contribution in [3.8, 4) is 0 Å². The van der Waals surface area contributed by atoms with Crippen molar-refractivity contribution in [3.63, 3.8) is 0 Å². The van der Waals surface area contributed by atoms with Gasteiger partial charge in [-0.15, -0.1) is 10.2 Å². The maximum absolute atomic E-state index is 12.6. The highest BCUT2D eigenvalue weighted by atomic mass is 16.6. The van der Waals surface area contributed by atoms with Crippen LogP contribution in [0.4, 0.5) is 11.4 Å². The number of carbonyl (C=O) groups is 1. The predicted octanol–water partition coefficient (Wildman–Crippen LogP) is 2.84. The molecule has 1 N–H and O–H groups in total. The molecule has 150 valence electrons. The normalized spacial score (nSPS) is 16.6. The van der Waals surface area contributed by atoms with Crippen LogP contribution in [0.2, 0.25) is 0 Å². The molecule has 9 heteroatoms. The van der Waals surface area contributed by atoms with Crippen LogP contribution in [-0.2, 0) is 4.79 Å². The van der Waals surface area contributed by atoms with E-state index in [9.17, 15) is 14.9 Å². The Morgan fingerprint density at radius 1 is 1.17 bits per heavy atom. The summed E-state index contributed by atoms with van der Waals surface area (Å²) < 4.78 is 2.03. The summed E-state index contributed by atoms with van der Waals surface area (Å²) in [6, 6.07) is 11.4. The Morgan fingerprint density at radius 3 is 2.59 bits per heavy atom. The van der Waals surface area contributed by atoms with Crippen molar-refractivity contribution in [3.05, 3.63) is 64.6 Å². The number of rotatable bonds is 5. The number of benzene rings is 1. The molecule has 0 aliphatic carbocycles. The fourth-order valence-electron chi connectivity index (χ4n) is 3.76. The second-order valence-electron chi connectivity index (χ2n) is 7.27. The molecule has 29 heavy (non-hydrogen) atoms. The number of amides is 1. The number of fused-ring (bicyclic) bond motifs is 1. The van der Waals surface area contributed by atoms with Crippen molar-refractivity contribution in [1.29, 1.82) is 0 Å². The van der Waals surface area contributed by atoms with Crippen molar-refractivity contribution in [2.24, 2.45) is 0 Å². The third kappa shape index (κ3) is 3.95. The zero-order valence-corrected chi connectivity index (χ0v) is 16.1. The molecule has 9 nitrogen and oxygen atoms in total. The van der Waals surface area contributed by atoms with Crippen molar-refractivity contribution in [2.45, 2.75) is 31.7 Å². The lowest BCUT2D eigenvalue weighted by Crippen LogP contribution is -2.45. The van der Waals surface area contributed by atoms with Crippen LogP contribution >= 0.6 is 0 Å². The Balaban J connectivity index is 1.35. The van der Waals surface area contributed by atoms with Crippen LogP contribution in [-0.4, -0.2) is 49.5 Å². The van der Waals surface area contributed by atoms with E-state index in [0.717, 1.165) is 37.4 Å². The van der Waals surface area contributed by atoms with E-state index in [-0.39, 0.29) is 17.6 Å². The van der Waals surface area contributed by atoms with Crippen molar-refractivity contribution < 1.29 is 9.72 Å². The Kier molecular flexibility index (Phi) is 5.22. The van der Waals surface area contributed by atoms with E-state index >= 15 is 0 Å². The lowest BCUT2D eigenvalue weighted by atomic mass is 9.95. The lowest BCUT2D eigenvalue weighted by Gasteiger charge is -2.34. The highest BCUT2D eigenvalue weighted by molar-refractivity contribution is 5.94. The monoisotopic (exact) mass is 394 g/mol. The molecule has 0 saturated carbocycles. The molecule has 1 amide bonds. The van der Waals surface area contributed by atoms with Crippen LogP contribution in [0.5, 0.6) is 0 Å². The molecule has 3 heterocycles. The summed E-state index contributed by atoms with van der Waals surface area (Å²) in [4.78, 5) is 25.0. The van der Waals surface area contributed by atoms with Gasteiger partial charge in [0.2, 0.25) is 5.91 Å². The number of likely N-dealkylation sites (tertiary alicyclic amines) is 1. The molecule has 4 rings (SSSR count). The van der Waals surface area contributed by atoms with Gasteiger partial charge in [0.1, 0.15) is 5.82 Å². The van der Waals surface area contributed by atoms with Gasteiger partial charge in [-0.3, -0.25) is 24.2 Å². The summed E-state index contributed by atoms with van der Waals surface area (Å²) in [6.45, 7) is 3.47. The summed E-state index contributed by atoms with van der Waals surface area (Å²) in [5.41, 5.74) is 1.40. The van der Waals surface area contributed by atoms with Gasteiger partial charge in [0, 0.05) is 29.9 Å². The number of nitro groups is 1. The number of hydrogen-bond donors (Lipinski definition) is 1. The van der Waals surface area contributed by atoms with E-state index in [1.807, 2.05) is 35.7 Å². The smallest absolute Gasteiger partial charge is 0.269 e. The Morgan fingerprint density at radius 2 is 1.90 bits per heavy atom. The molecule has 1 fully saturated rings. The average Bonchev–Trinajstić information content (AvgIpc) is 3.18. The average molecular weight is 394 g/mol. The molecule has 2 aromatic heterocycles. The van der Waals surface area contributed by atoms with Crippen molar-refractivity contribution in [1.82, 2.24) is 19.5 Å². The predicted molar refractivity (Wildman–Crippen MR) is 108 cm³/mol. The van der Waals surface area contributed by atoms with Gasteiger partial charge in [-0.2, -0.15) is 0 Å². The second kappa shape index (κ2) is 7.96. The Labute approximate surface area is 167 Å². The van der Waals surface area contributed by atoms with E-state index in [1.165, 1.54) is 12.1 Å². The number of nitrogens with one attached hydrogen (secondary N) is 1. The van der Waals surface area contributed by atoms with Gasteiger partial charge in [0.05, 0.1) is 11.0 Å². The number of hydrogen-bond acceptors (Lipinski definition) is 6. The summed E-state index contributed by atoms with van der Waals surface area (Å²) >= 11 is 0. The topological polar surface area (TPSA) is 106 Å². The van der Waals surface area contributed by atoms with Crippen molar-refractivity contribution in [2.75, 3.05) is 18.4 Å². The second-order valence-corrected chi connectivity index (χ2v) is 7.27. The van der Waals surface area contributed by atoms with Gasteiger partial charge in [0.15, 0.2) is 5.65 Å². The van der Waals surface area contributed by atoms with Gasteiger partial charge in [-0.05, 0) is 57.1 Å². The first-order valence-corrected chi connectivity index (χ1v) is 9.62. The molecule has 0 spiro atoms. The van der Waals surface area contributed by atoms with Gasteiger partial charge in [0.25, 0.3) is 5.69 Å². The minimum Gasteiger partial charge on any atom is -0.325 e. The maximum Gasteiger partial charge on any atom is 0.269 e. The largest absolute Gasteiger partial charge is 0.325 e. The number of nitro benzene ring substituents is 1. The van der Waals surface area contributed by atoms with Crippen LogP contribution < -0.4 is 5.32 Å². The SMILES string of the molecule is CC(C(=O)Nc1ccc([N+](=O)[O-])cc1)N1CCC(c2nnc3ccccn23)CC1. The molecule has 3 aromatic rings. The third-order valence-electron chi connectivity index (χ3n) is 5.51. The molecule has 1 aliphatic heterocycles. The first-order valence-electron chi connectivity index (χ1n) is 9.62. The van der Waals surface area contributed by atoms with Gasteiger partial charge in [-0.25, -0.2) is 0 Å². The Bertz CT molecular complexity index is 1020. The number of anilines is 1. The van der Waals surface area contributed by atoms with Crippen LogP contribution in [0.25, 0.3) is 5.65 Å². The summed E-state index contributed by atoms with van der Waals surface area (Å²) in [7, 11) is 0. The molecule has 1 unspecified atom stereocenters. The molecule has 1 aliphatic rings. The fourth-order valence-corrected chi connectivity index (χ4v) is 3.76. The Hall–Kier alpha value is -3.33. The van der Waals surface area contributed by atoms with Crippen LogP contribution in [0.3, 0.4) is 0 Å². The van der Waals surface area contributed by atoms with Gasteiger partial charge < -0.3 is 5.32 Å². The minimum atomic E-state index is -0.461. The lowest BCUT2D eigenvalue weighted by molar-refractivity contribution is -0.384. The van der Waals surface area contributed by atoms with E-state index in [1.54, 1.807) is 12.1 Å². The number of aromatic nitrogens is 3. The number of carbonyl (C=O) groups excluding carboxylic acids is 1. The van der Waals surface area contributed by atoms with Crippen LogP contribution in [0.15, 0.2) is 48.7 Å². The molecule has 1 aromatic carbocycles. The molecule has 1 atom stereocenters. The van der Waals surface area contributed by atoms with Crippen LogP contribution in [0.1, 0.15) is 31.5 Å². The number of nitrogens with zero attached hydrogens (tertiary/aromatic N) is 5. The first-order chi connectivity index (χ1) is 14.0. The maximum atomic E-state index is 12.6. The summed E-state index contributed by atoms with van der Waals surface area (Å²) in [6.07, 6.45) is 3.80. The quantitative estimate of drug-likeness (QED) is 0.527. The van der Waals surface area contributed by atoms with E-state index in [2.05, 4.69) is 20.4 Å². The number of piperidine rings is 1. The molecular weight excluding hydrogens is 372 g/mol. The van der Waals surface area contributed by atoms with Gasteiger partial charge in [-0.1, -0.05) is 6.07 Å². The summed E-state index contributed by atoms with van der Waals surface area (Å²) in [5, 5.41) is 22.2. The first kappa shape index (κ1) is 19.0. The molecule has 0 bridgehead atoms. The van der Waals surface area contributed by atoms with Crippen molar-refractivity contribution >= 4 is 22.9 Å². The number of non-ortho nitro benzene ring substituents is 1. The fraction of sp³-hybridized carbons (Fsp3) is 0.350.